The summed E-state index contributed by atoms with van der Waals surface area (Å²) in [5, 5.41) is 4.01. The molecular formula is C20H31Cl2N2O6PSi. The molecule has 2 bridgehead atoms. The number of benzene rings is 1. The predicted molar refractivity (Wildman–Crippen MR) is 125 cm³/mol. The minimum atomic E-state index is -3.52. The number of halogens is 2. The van der Waals surface area contributed by atoms with Gasteiger partial charge in [0, 0.05) is 53.2 Å². The summed E-state index contributed by atoms with van der Waals surface area (Å²) < 4.78 is 43.2. The Labute approximate surface area is 200 Å². The minimum Gasteiger partial charge on any atom is -0.372 e. The highest BCUT2D eigenvalue weighted by Gasteiger charge is 2.46. The number of fused-ring (bicyclic) bond motifs is 6. The summed E-state index contributed by atoms with van der Waals surface area (Å²) >= 11 is 12.5. The zero-order valence-corrected chi connectivity index (χ0v) is 21.9. The molecule has 0 saturated carbocycles. The van der Waals surface area contributed by atoms with Crippen LogP contribution in [0.2, 0.25) is 16.1 Å². The summed E-state index contributed by atoms with van der Waals surface area (Å²) in [5.41, 5.74) is 0.325. The molecule has 1 aromatic rings. The Hall–Kier alpha value is -0.0331. The summed E-state index contributed by atoms with van der Waals surface area (Å²) in [5.74, 6) is 0. The normalized spacial score (nSPS) is 35.1. The zero-order valence-electron chi connectivity index (χ0n) is 18.5. The average Bonchev–Trinajstić information content (AvgIpc) is 2.68. The van der Waals surface area contributed by atoms with E-state index in [1.54, 1.807) is 12.1 Å². The van der Waals surface area contributed by atoms with Gasteiger partial charge in [-0.3, -0.25) is 13.9 Å². The number of nitrogens with zero attached hydrogens (tertiary/aromatic N) is 1. The lowest BCUT2D eigenvalue weighted by molar-refractivity contribution is -0.0301. The summed E-state index contributed by atoms with van der Waals surface area (Å²) in [6, 6.07) is 5.88. The second-order valence-corrected chi connectivity index (χ2v) is 14.3. The first kappa shape index (κ1) is 25.1. The maximum absolute atomic E-state index is 13.3. The van der Waals surface area contributed by atoms with Gasteiger partial charge in [0.2, 0.25) is 0 Å². The molecule has 12 heteroatoms. The van der Waals surface area contributed by atoms with Gasteiger partial charge in [0.05, 0.1) is 26.4 Å². The van der Waals surface area contributed by atoms with Crippen LogP contribution in [0.15, 0.2) is 18.2 Å². The van der Waals surface area contributed by atoms with Crippen molar-refractivity contribution in [3.05, 3.63) is 33.8 Å². The highest BCUT2D eigenvalue weighted by atomic mass is 35.5. The van der Waals surface area contributed by atoms with Crippen LogP contribution in [0.1, 0.15) is 31.9 Å². The Bertz CT molecular complexity index is 837. The van der Waals surface area contributed by atoms with Crippen molar-refractivity contribution in [3.8, 4) is 0 Å². The van der Waals surface area contributed by atoms with Crippen molar-refractivity contribution < 1.29 is 26.9 Å². The molecule has 0 aliphatic carbocycles. The molecule has 0 radical (unpaired) electrons. The molecule has 0 aromatic heterocycles. The van der Waals surface area contributed by atoms with Gasteiger partial charge < -0.3 is 13.3 Å². The smallest absolute Gasteiger partial charge is 0.372 e. The summed E-state index contributed by atoms with van der Waals surface area (Å²) in [6.45, 7) is 9.24. The first-order chi connectivity index (χ1) is 15.2. The average molecular weight is 525 g/mol. The Morgan fingerprint density at radius 2 is 1.81 bits per heavy atom. The number of rotatable bonds is 6. The Kier molecular flexibility index (Phi) is 8.07. The zero-order chi connectivity index (χ0) is 22.8. The Morgan fingerprint density at radius 1 is 1.16 bits per heavy atom. The van der Waals surface area contributed by atoms with Gasteiger partial charge in [-0.25, -0.2) is 9.65 Å². The molecule has 4 aliphatic heterocycles. The van der Waals surface area contributed by atoms with Gasteiger partial charge in [-0.15, -0.1) is 0 Å². The van der Waals surface area contributed by atoms with Gasteiger partial charge in [0.25, 0.3) is 0 Å². The fourth-order valence-electron chi connectivity index (χ4n) is 4.10. The van der Waals surface area contributed by atoms with Crippen molar-refractivity contribution in [1.29, 1.82) is 0 Å². The van der Waals surface area contributed by atoms with Crippen molar-refractivity contribution in [3.63, 3.8) is 0 Å². The van der Waals surface area contributed by atoms with Crippen LogP contribution >= 0.6 is 30.9 Å². The lowest BCUT2D eigenvalue weighted by Gasteiger charge is -2.42. The maximum Gasteiger partial charge on any atom is 0.501 e. The highest BCUT2D eigenvalue weighted by Crippen LogP contribution is 2.59. The number of hydrogen-bond donors (Lipinski definition) is 1. The molecule has 1 N–H and O–H groups in total. The van der Waals surface area contributed by atoms with Crippen molar-refractivity contribution in [2.24, 2.45) is 5.41 Å². The van der Waals surface area contributed by atoms with Crippen LogP contribution in [0.25, 0.3) is 0 Å². The van der Waals surface area contributed by atoms with Crippen molar-refractivity contribution in [1.82, 2.24) is 9.99 Å². The van der Waals surface area contributed by atoms with Gasteiger partial charge in [-0.1, -0.05) is 43.1 Å². The molecule has 180 valence electrons. The van der Waals surface area contributed by atoms with Gasteiger partial charge in [0.15, 0.2) is 0 Å². The minimum absolute atomic E-state index is 0.269. The SMILES string of the molecule is CC1(C)COP(=O)(NCCC[Si]23OCCN(CCO2)CCO3)OC1c1ccc(Cl)cc1Cl. The van der Waals surface area contributed by atoms with Crippen LogP contribution in [0, 0.1) is 5.41 Å². The van der Waals surface area contributed by atoms with E-state index in [1.165, 1.54) is 0 Å². The van der Waals surface area contributed by atoms with Crippen molar-refractivity contribution in [2.75, 3.05) is 52.6 Å². The van der Waals surface area contributed by atoms with E-state index in [4.69, 9.17) is 45.5 Å². The van der Waals surface area contributed by atoms with E-state index in [0.29, 0.717) is 48.9 Å². The van der Waals surface area contributed by atoms with E-state index in [0.717, 1.165) is 25.2 Å². The lowest BCUT2D eigenvalue weighted by atomic mass is 9.83. The largest absolute Gasteiger partial charge is 0.501 e. The molecule has 4 heterocycles. The summed E-state index contributed by atoms with van der Waals surface area (Å²) in [4.78, 5) is 2.29. The molecule has 1 aromatic carbocycles. The predicted octanol–water partition coefficient (Wildman–Crippen LogP) is 4.51. The van der Waals surface area contributed by atoms with Crippen LogP contribution in [0.5, 0.6) is 0 Å². The Balaban J connectivity index is 1.36. The molecule has 32 heavy (non-hydrogen) atoms. The van der Waals surface area contributed by atoms with Crippen LogP contribution in [0.3, 0.4) is 0 Å². The second kappa shape index (κ2) is 10.3. The van der Waals surface area contributed by atoms with Crippen LogP contribution < -0.4 is 5.09 Å². The quantitative estimate of drug-likeness (QED) is 0.330. The van der Waals surface area contributed by atoms with Gasteiger partial charge >= 0.3 is 16.6 Å². The third-order valence-corrected chi connectivity index (χ3v) is 11.0. The lowest BCUT2D eigenvalue weighted by Crippen LogP contribution is -2.55. The number of nitrogens with one attached hydrogen (secondary N) is 1. The Morgan fingerprint density at radius 3 is 2.44 bits per heavy atom. The van der Waals surface area contributed by atoms with Gasteiger partial charge in [0.1, 0.15) is 6.10 Å². The molecule has 0 spiro atoms. The molecule has 4 aliphatic rings. The molecule has 5 rings (SSSR count). The molecule has 4 fully saturated rings. The third-order valence-electron chi connectivity index (χ3n) is 5.96. The molecule has 2 atom stereocenters. The van der Waals surface area contributed by atoms with Crippen LogP contribution in [-0.4, -0.2) is 66.3 Å². The van der Waals surface area contributed by atoms with E-state index in [1.807, 2.05) is 19.9 Å². The summed E-state index contributed by atoms with van der Waals surface area (Å²) in [6.07, 6.45) is 0.170. The highest BCUT2D eigenvalue weighted by molar-refractivity contribution is 7.51. The monoisotopic (exact) mass is 524 g/mol. The maximum atomic E-state index is 13.3. The summed E-state index contributed by atoms with van der Waals surface area (Å²) in [7, 11) is -6.23. The van der Waals surface area contributed by atoms with E-state index >= 15 is 0 Å². The van der Waals surface area contributed by atoms with E-state index in [-0.39, 0.29) is 6.61 Å². The molecule has 4 saturated heterocycles. The molecule has 0 amide bonds. The fraction of sp³-hybridized carbons (Fsp3) is 0.700. The molecule has 8 nitrogen and oxygen atoms in total. The topological polar surface area (TPSA) is 78.5 Å². The van der Waals surface area contributed by atoms with Gasteiger partial charge in [-0.05, 0) is 18.6 Å². The first-order valence-corrected chi connectivity index (χ1v) is 15.2. The number of hydrogen-bond acceptors (Lipinski definition) is 7. The van der Waals surface area contributed by atoms with Crippen molar-refractivity contribution in [2.45, 2.75) is 32.4 Å². The van der Waals surface area contributed by atoms with Crippen molar-refractivity contribution >= 4 is 39.8 Å². The fourth-order valence-corrected chi connectivity index (χ4v) is 8.95. The molecular weight excluding hydrogens is 494 g/mol. The van der Waals surface area contributed by atoms with Gasteiger partial charge in [-0.2, -0.15) is 0 Å². The van der Waals surface area contributed by atoms with E-state index in [9.17, 15) is 4.57 Å². The van der Waals surface area contributed by atoms with E-state index < -0.39 is 28.1 Å². The second-order valence-electron chi connectivity index (χ2n) is 8.99. The first-order valence-electron chi connectivity index (χ1n) is 11.0. The third kappa shape index (κ3) is 5.96. The standard InChI is InChI=1S/C20H31Cl2N2O6PSi/c1-20(2)15-26-31(25,30-19(20)17-5-4-16(21)14-18(17)22)23-6-3-13-32-27-10-7-24(8-11-28-32)9-12-29-32/h4-5,14,19H,3,6-13,15H2,1-2H3,(H,23,25). The van der Waals surface area contributed by atoms with Crippen LogP contribution in [0.4, 0.5) is 0 Å². The van der Waals surface area contributed by atoms with E-state index in [2.05, 4.69) is 9.99 Å². The van der Waals surface area contributed by atoms with Crippen LogP contribution in [-0.2, 0) is 26.9 Å². The molecule has 2 unspecified atom stereocenters.